The Morgan fingerprint density at radius 2 is 1.64 bits per heavy atom. The molecule has 0 aromatic heterocycles. The van der Waals surface area contributed by atoms with Crippen molar-refractivity contribution in [2.24, 2.45) is 11.8 Å². The van der Waals surface area contributed by atoms with Crippen molar-refractivity contribution in [1.82, 2.24) is 5.32 Å². The van der Waals surface area contributed by atoms with Crippen LogP contribution in [0, 0.1) is 32.6 Å². The average Bonchev–Trinajstić information content (AvgIpc) is 3.32. The third-order valence-corrected chi connectivity index (χ3v) is 5.29. The lowest BCUT2D eigenvalue weighted by atomic mass is 10.0. The second kappa shape index (κ2) is 7.19. The standard InChI is InChI=1S/C22H24N2O4/c1-12-6-13(2)20(14(3)7-12)24-22(26)17-9-16(17)21(25)23-10-15-4-5-18-19(8-15)28-11-27-18/h4-8,16-17H,9-11H2,1-3H3,(H,23,25)(H,24,26). The first-order valence-corrected chi connectivity index (χ1v) is 9.47. The Balaban J connectivity index is 1.31. The van der Waals surface area contributed by atoms with Crippen molar-refractivity contribution in [2.75, 3.05) is 12.1 Å². The van der Waals surface area contributed by atoms with E-state index in [9.17, 15) is 9.59 Å². The van der Waals surface area contributed by atoms with Gasteiger partial charge < -0.3 is 20.1 Å². The molecule has 2 aliphatic rings. The van der Waals surface area contributed by atoms with Crippen molar-refractivity contribution in [3.8, 4) is 11.5 Å². The number of rotatable bonds is 5. The Hall–Kier alpha value is -3.02. The van der Waals surface area contributed by atoms with Crippen LogP contribution in [0.4, 0.5) is 5.69 Å². The molecule has 1 fully saturated rings. The Kier molecular flexibility index (Phi) is 4.71. The lowest BCUT2D eigenvalue weighted by molar-refractivity contribution is -0.125. The van der Waals surface area contributed by atoms with Gasteiger partial charge in [0.2, 0.25) is 18.6 Å². The molecule has 0 radical (unpaired) electrons. The molecule has 4 rings (SSSR count). The minimum absolute atomic E-state index is 0.0849. The molecule has 0 bridgehead atoms. The molecular weight excluding hydrogens is 356 g/mol. The summed E-state index contributed by atoms with van der Waals surface area (Å²) in [7, 11) is 0. The van der Waals surface area contributed by atoms with Crippen LogP contribution in [0.15, 0.2) is 30.3 Å². The quantitative estimate of drug-likeness (QED) is 0.835. The SMILES string of the molecule is Cc1cc(C)c(NC(=O)C2CC2C(=O)NCc2ccc3c(c2)OCO3)c(C)c1. The molecule has 28 heavy (non-hydrogen) atoms. The third-order valence-electron chi connectivity index (χ3n) is 5.29. The molecule has 2 atom stereocenters. The first kappa shape index (κ1) is 18.3. The molecule has 2 amide bonds. The number of aryl methyl sites for hydroxylation is 3. The summed E-state index contributed by atoms with van der Waals surface area (Å²) >= 11 is 0. The van der Waals surface area contributed by atoms with Crippen LogP contribution in [0.25, 0.3) is 0 Å². The fourth-order valence-corrected chi connectivity index (χ4v) is 3.74. The van der Waals surface area contributed by atoms with Crippen LogP contribution in [0.2, 0.25) is 0 Å². The zero-order valence-electron chi connectivity index (χ0n) is 16.3. The second-order valence-corrected chi connectivity index (χ2v) is 7.62. The van der Waals surface area contributed by atoms with E-state index in [0.29, 0.717) is 18.7 Å². The number of amides is 2. The molecular formula is C22H24N2O4. The fourth-order valence-electron chi connectivity index (χ4n) is 3.74. The molecule has 2 aromatic carbocycles. The molecule has 1 heterocycles. The van der Waals surface area contributed by atoms with Gasteiger partial charge in [0.05, 0.1) is 11.8 Å². The summed E-state index contributed by atoms with van der Waals surface area (Å²) < 4.78 is 10.6. The number of carbonyl (C=O) groups excluding carboxylic acids is 2. The maximum absolute atomic E-state index is 12.6. The highest BCUT2D eigenvalue weighted by Crippen LogP contribution is 2.40. The lowest BCUT2D eigenvalue weighted by Gasteiger charge is -2.13. The number of nitrogens with one attached hydrogen (secondary N) is 2. The first-order valence-electron chi connectivity index (χ1n) is 9.47. The van der Waals surface area contributed by atoms with E-state index >= 15 is 0 Å². The Morgan fingerprint density at radius 1 is 0.964 bits per heavy atom. The number of hydrogen-bond acceptors (Lipinski definition) is 4. The highest BCUT2D eigenvalue weighted by Gasteiger charge is 2.48. The van der Waals surface area contributed by atoms with Crippen LogP contribution < -0.4 is 20.1 Å². The van der Waals surface area contributed by atoms with Gasteiger partial charge >= 0.3 is 0 Å². The van der Waals surface area contributed by atoms with Gasteiger partial charge in [-0.05, 0) is 56.0 Å². The zero-order valence-corrected chi connectivity index (χ0v) is 16.3. The van der Waals surface area contributed by atoms with E-state index in [1.807, 2.05) is 51.1 Å². The molecule has 1 aliphatic carbocycles. The van der Waals surface area contributed by atoms with Gasteiger partial charge in [-0.2, -0.15) is 0 Å². The van der Waals surface area contributed by atoms with Gasteiger partial charge in [-0.1, -0.05) is 23.8 Å². The maximum Gasteiger partial charge on any atom is 0.231 e. The predicted octanol–water partition coefficient (Wildman–Crippen LogP) is 3.23. The number of fused-ring (bicyclic) bond motifs is 1. The number of carbonyl (C=O) groups is 2. The van der Waals surface area contributed by atoms with Crippen LogP contribution >= 0.6 is 0 Å². The monoisotopic (exact) mass is 380 g/mol. The van der Waals surface area contributed by atoms with Crippen LogP contribution in [-0.2, 0) is 16.1 Å². The summed E-state index contributed by atoms with van der Waals surface area (Å²) in [6, 6.07) is 9.69. The van der Waals surface area contributed by atoms with Crippen LogP contribution in [0.5, 0.6) is 11.5 Å². The summed E-state index contributed by atoms with van der Waals surface area (Å²) in [4.78, 5) is 25.0. The average molecular weight is 380 g/mol. The van der Waals surface area contributed by atoms with E-state index in [1.165, 1.54) is 5.56 Å². The van der Waals surface area contributed by atoms with E-state index in [0.717, 1.165) is 28.1 Å². The van der Waals surface area contributed by atoms with Crippen molar-refractivity contribution in [3.63, 3.8) is 0 Å². The van der Waals surface area contributed by atoms with Gasteiger partial charge in [-0.25, -0.2) is 0 Å². The molecule has 2 unspecified atom stereocenters. The number of anilines is 1. The minimum atomic E-state index is -0.267. The van der Waals surface area contributed by atoms with Crippen molar-refractivity contribution < 1.29 is 19.1 Å². The predicted molar refractivity (Wildman–Crippen MR) is 105 cm³/mol. The second-order valence-electron chi connectivity index (χ2n) is 7.62. The van der Waals surface area contributed by atoms with Crippen LogP contribution in [-0.4, -0.2) is 18.6 Å². The van der Waals surface area contributed by atoms with E-state index < -0.39 is 0 Å². The third kappa shape index (κ3) is 3.67. The molecule has 146 valence electrons. The molecule has 2 aromatic rings. The lowest BCUT2D eigenvalue weighted by Crippen LogP contribution is -2.27. The van der Waals surface area contributed by atoms with Gasteiger partial charge in [-0.3, -0.25) is 9.59 Å². The summed E-state index contributed by atoms with van der Waals surface area (Å²) in [6.45, 7) is 6.63. The maximum atomic E-state index is 12.6. The molecule has 1 aliphatic heterocycles. The molecule has 6 heteroatoms. The Morgan fingerprint density at radius 3 is 2.39 bits per heavy atom. The topological polar surface area (TPSA) is 76.7 Å². The highest BCUT2D eigenvalue weighted by molar-refractivity contribution is 6.00. The largest absolute Gasteiger partial charge is 0.454 e. The summed E-state index contributed by atoms with van der Waals surface area (Å²) in [5.74, 6) is 0.709. The van der Waals surface area contributed by atoms with Crippen molar-refractivity contribution >= 4 is 17.5 Å². The van der Waals surface area contributed by atoms with E-state index in [4.69, 9.17) is 9.47 Å². The van der Waals surface area contributed by atoms with E-state index in [2.05, 4.69) is 10.6 Å². The number of ether oxygens (including phenoxy) is 2. The Labute approximate surface area is 164 Å². The van der Waals surface area contributed by atoms with Gasteiger partial charge in [0.15, 0.2) is 11.5 Å². The number of benzene rings is 2. The fraction of sp³-hybridized carbons (Fsp3) is 0.364. The van der Waals surface area contributed by atoms with Gasteiger partial charge in [-0.15, -0.1) is 0 Å². The van der Waals surface area contributed by atoms with Crippen molar-refractivity contribution in [3.05, 3.63) is 52.6 Å². The smallest absolute Gasteiger partial charge is 0.231 e. The molecule has 1 saturated carbocycles. The van der Waals surface area contributed by atoms with Gasteiger partial charge in [0.25, 0.3) is 0 Å². The van der Waals surface area contributed by atoms with Crippen LogP contribution in [0.3, 0.4) is 0 Å². The molecule has 6 nitrogen and oxygen atoms in total. The van der Waals surface area contributed by atoms with Gasteiger partial charge in [0.1, 0.15) is 0 Å². The summed E-state index contributed by atoms with van der Waals surface area (Å²) in [5.41, 5.74) is 5.03. The number of hydrogen-bond donors (Lipinski definition) is 2. The summed E-state index contributed by atoms with van der Waals surface area (Å²) in [6.07, 6.45) is 0.586. The van der Waals surface area contributed by atoms with Crippen molar-refractivity contribution in [1.29, 1.82) is 0 Å². The molecule has 0 saturated heterocycles. The molecule has 2 N–H and O–H groups in total. The Bertz CT molecular complexity index is 931. The van der Waals surface area contributed by atoms with E-state index in [-0.39, 0.29) is 30.4 Å². The zero-order chi connectivity index (χ0) is 19.8. The van der Waals surface area contributed by atoms with Crippen molar-refractivity contribution in [2.45, 2.75) is 33.7 Å². The normalized spacial score (nSPS) is 19.2. The first-order chi connectivity index (χ1) is 13.4. The molecule has 0 spiro atoms. The van der Waals surface area contributed by atoms with Crippen LogP contribution in [0.1, 0.15) is 28.7 Å². The van der Waals surface area contributed by atoms with Gasteiger partial charge in [0, 0.05) is 12.2 Å². The van der Waals surface area contributed by atoms with E-state index in [1.54, 1.807) is 0 Å². The minimum Gasteiger partial charge on any atom is -0.454 e. The highest BCUT2D eigenvalue weighted by atomic mass is 16.7. The summed E-state index contributed by atoms with van der Waals surface area (Å²) in [5, 5.41) is 5.92.